The second-order valence-electron chi connectivity index (χ2n) is 8.26. The molecular weight excluding hydrogens is 454 g/mol. The minimum atomic E-state index is -0.264. The van der Waals surface area contributed by atoms with Crippen LogP contribution < -0.4 is 15.6 Å². The molecule has 0 radical (unpaired) electrons. The number of aryl methyl sites for hydroxylation is 1. The molecular formula is C25H25N3O5S. The van der Waals surface area contributed by atoms with Gasteiger partial charge in [-0.15, -0.1) is 0 Å². The highest BCUT2D eigenvalue weighted by molar-refractivity contribution is 7.99. The summed E-state index contributed by atoms with van der Waals surface area (Å²) in [6.07, 6.45) is 1.77. The molecule has 0 saturated carbocycles. The Labute approximate surface area is 200 Å². The third-order valence-electron chi connectivity index (χ3n) is 5.82. The number of methoxy groups -OCH3 is 1. The molecule has 1 amide bonds. The number of carbonyl (C=O) groups excluding carboxylic acids is 1. The number of anilines is 1. The fourth-order valence-electron chi connectivity index (χ4n) is 4.15. The van der Waals surface area contributed by atoms with Crippen molar-refractivity contribution < 1.29 is 18.7 Å². The van der Waals surface area contributed by atoms with Crippen molar-refractivity contribution in [3.8, 4) is 5.75 Å². The maximum absolute atomic E-state index is 13.4. The molecule has 1 aliphatic rings. The molecule has 1 aliphatic heterocycles. The number of nitrogens with zero attached hydrogens (tertiary/aromatic N) is 2. The Kier molecular flexibility index (Phi) is 6.30. The van der Waals surface area contributed by atoms with Crippen LogP contribution >= 0.6 is 11.8 Å². The van der Waals surface area contributed by atoms with Crippen molar-refractivity contribution in [2.75, 3.05) is 24.8 Å². The maximum atomic E-state index is 13.4. The minimum absolute atomic E-state index is 0.0638. The van der Waals surface area contributed by atoms with E-state index in [-0.39, 0.29) is 28.9 Å². The highest BCUT2D eigenvalue weighted by Gasteiger charge is 2.23. The Balaban J connectivity index is 1.46. The van der Waals surface area contributed by atoms with Crippen LogP contribution in [0.4, 0.5) is 5.69 Å². The zero-order chi connectivity index (χ0) is 23.7. The molecule has 0 spiro atoms. The number of aromatic nitrogens is 2. The van der Waals surface area contributed by atoms with Gasteiger partial charge in [0.05, 0.1) is 31.2 Å². The van der Waals surface area contributed by atoms with E-state index < -0.39 is 0 Å². The molecule has 3 heterocycles. The topological polar surface area (TPSA) is 95.6 Å². The fraction of sp³-hybridized carbons (Fsp3) is 0.320. The van der Waals surface area contributed by atoms with Crippen molar-refractivity contribution in [1.29, 1.82) is 0 Å². The van der Waals surface area contributed by atoms with Gasteiger partial charge >= 0.3 is 0 Å². The molecule has 1 N–H and O–H groups in total. The Hall–Kier alpha value is -3.30. The smallest absolute Gasteiger partial charge is 0.297 e. The standard InChI is InChI=1S/C25H25N3O5S/c1-15-9-10-20(31-2)18(12-15)26-21(29)14-34-25-27-22-17-7-3-4-8-19(17)33-23(22)24(30)28(25)13-16-6-5-11-32-16/h3-4,7-10,12,16H,5-6,11,13-14H2,1-2H3,(H,26,29). The van der Waals surface area contributed by atoms with Gasteiger partial charge in [0.15, 0.2) is 5.16 Å². The van der Waals surface area contributed by atoms with Crippen LogP contribution in [-0.2, 0) is 16.1 Å². The van der Waals surface area contributed by atoms with Gasteiger partial charge in [-0.05, 0) is 49.6 Å². The number of para-hydroxylation sites is 1. The predicted octanol–water partition coefficient (Wildman–Crippen LogP) is 4.37. The molecule has 0 aliphatic carbocycles. The summed E-state index contributed by atoms with van der Waals surface area (Å²) in [5, 5.41) is 4.14. The van der Waals surface area contributed by atoms with Crippen LogP contribution in [0.2, 0.25) is 0 Å². The average Bonchev–Trinajstić information content (AvgIpc) is 3.48. The largest absolute Gasteiger partial charge is 0.495 e. The molecule has 9 heteroatoms. The Morgan fingerprint density at radius 1 is 1.29 bits per heavy atom. The van der Waals surface area contributed by atoms with Gasteiger partial charge in [-0.1, -0.05) is 30.0 Å². The van der Waals surface area contributed by atoms with Gasteiger partial charge in [0.1, 0.15) is 16.8 Å². The third-order valence-corrected chi connectivity index (χ3v) is 6.80. The molecule has 176 valence electrons. The third kappa shape index (κ3) is 4.41. The summed E-state index contributed by atoms with van der Waals surface area (Å²) in [5.41, 5.74) is 2.68. The number of thioether (sulfide) groups is 1. The van der Waals surface area contributed by atoms with Crippen LogP contribution in [0.25, 0.3) is 22.1 Å². The zero-order valence-electron chi connectivity index (χ0n) is 19.0. The molecule has 1 fully saturated rings. The van der Waals surface area contributed by atoms with Crippen molar-refractivity contribution in [2.45, 2.75) is 37.6 Å². The van der Waals surface area contributed by atoms with Gasteiger partial charge in [-0.3, -0.25) is 14.2 Å². The molecule has 5 rings (SSSR count). The summed E-state index contributed by atoms with van der Waals surface area (Å²) in [6.45, 7) is 3.00. The number of nitrogens with one attached hydrogen (secondary N) is 1. The summed E-state index contributed by atoms with van der Waals surface area (Å²) < 4.78 is 18.5. The van der Waals surface area contributed by atoms with Crippen LogP contribution in [0.15, 0.2) is 56.8 Å². The first kappa shape index (κ1) is 22.5. The fourth-order valence-corrected chi connectivity index (χ4v) is 4.95. The molecule has 4 aromatic rings. The lowest BCUT2D eigenvalue weighted by atomic mass is 10.2. The van der Waals surface area contributed by atoms with E-state index >= 15 is 0 Å². The SMILES string of the molecule is COc1ccc(C)cc1NC(=O)CSc1nc2c(oc3ccccc32)c(=O)n1CC1CCCO1. The molecule has 1 saturated heterocycles. The molecule has 2 aromatic heterocycles. The number of benzene rings is 2. The summed E-state index contributed by atoms with van der Waals surface area (Å²) in [5.74, 6) is 0.448. The highest BCUT2D eigenvalue weighted by atomic mass is 32.2. The van der Waals surface area contributed by atoms with Crippen LogP contribution in [-0.4, -0.2) is 41.0 Å². The maximum Gasteiger partial charge on any atom is 0.297 e. The normalized spacial score (nSPS) is 15.8. The first-order valence-corrected chi connectivity index (χ1v) is 12.1. The summed E-state index contributed by atoms with van der Waals surface area (Å²) in [4.78, 5) is 31.0. The molecule has 34 heavy (non-hydrogen) atoms. The number of carbonyl (C=O) groups is 1. The Morgan fingerprint density at radius 2 is 2.15 bits per heavy atom. The molecule has 2 aromatic carbocycles. The average molecular weight is 480 g/mol. The van der Waals surface area contributed by atoms with E-state index in [1.54, 1.807) is 11.7 Å². The first-order valence-electron chi connectivity index (χ1n) is 11.1. The van der Waals surface area contributed by atoms with Crippen molar-refractivity contribution in [3.63, 3.8) is 0 Å². The van der Waals surface area contributed by atoms with Crippen molar-refractivity contribution in [1.82, 2.24) is 9.55 Å². The molecule has 1 atom stereocenters. The van der Waals surface area contributed by atoms with Crippen molar-refractivity contribution in [2.24, 2.45) is 0 Å². The minimum Gasteiger partial charge on any atom is -0.495 e. The number of ether oxygens (including phenoxy) is 2. The number of furan rings is 1. The number of hydrogen-bond acceptors (Lipinski definition) is 7. The van der Waals surface area contributed by atoms with Crippen molar-refractivity contribution >= 4 is 45.4 Å². The lowest BCUT2D eigenvalue weighted by molar-refractivity contribution is -0.113. The number of hydrogen-bond donors (Lipinski definition) is 1. The summed E-state index contributed by atoms with van der Waals surface area (Å²) in [6, 6.07) is 13.0. The van der Waals surface area contributed by atoms with E-state index in [2.05, 4.69) is 5.32 Å². The van der Waals surface area contributed by atoms with E-state index in [4.69, 9.17) is 18.9 Å². The molecule has 8 nitrogen and oxygen atoms in total. The van der Waals surface area contributed by atoms with Gasteiger partial charge in [0, 0.05) is 12.0 Å². The van der Waals surface area contributed by atoms with E-state index in [1.165, 1.54) is 11.8 Å². The van der Waals surface area contributed by atoms with E-state index in [9.17, 15) is 9.59 Å². The van der Waals surface area contributed by atoms with Gasteiger partial charge in [-0.25, -0.2) is 4.98 Å². The second-order valence-corrected chi connectivity index (χ2v) is 9.20. The molecule has 1 unspecified atom stereocenters. The lowest BCUT2D eigenvalue weighted by Gasteiger charge is -2.15. The second kappa shape index (κ2) is 9.52. The summed E-state index contributed by atoms with van der Waals surface area (Å²) >= 11 is 1.22. The first-order chi connectivity index (χ1) is 16.5. The van der Waals surface area contributed by atoms with Gasteiger partial charge in [0.2, 0.25) is 11.5 Å². The number of fused-ring (bicyclic) bond motifs is 3. The Morgan fingerprint density at radius 3 is 2.94 bits per heavy atom. The van der Waals surface area contributed by atoms with Gasteiger partial charge in [-0.2, -0.15) is 0 Å². The van der Waals surface area contributed by atoms with E-state index in [1.807, 2.05) is 49.4 Å². The van der Waals surface area contributed by atoms with E-state index in [0.29, 0.717) is 40.8 Å². The van der Waals surface area contributed by atoms with Crippen LogP contribution in [0.5, 0.6) is 5.75 Å². The summed E-state index contributed by atoms with van der Waals surface area (Å²) in [7, 11) is 1.56. The zero-order valence-corrected chi connectivity index (χ0v) is 19.8. The van der Waals surface area contributed by atoms with Crippen LogP contribution in [0.3, 0.4) is 0 Å². The van der Waals surface area contributed by atoms with Gasteiger partial charge in [0.25, 0.3) is 5.56 Å². The Bertz CT molecular complexity index is 1420. The lowest BCUT2D eigenvalue weighted by Crippen LogP contribution is -2.29. The van der Waals surface area contributed by atoms with Crippen LogP contribution in [0.1, 0.15) is 18.4 Å². The number of rotatable bonds is 7. The van der Waals surface area contributed by atoms with Crippen LogP contribution in [0, 0.1) is 6.92 Å². The highest BCUT2D eigenvalue weighted by Crippen LogP contribution is 2.29. The van der Waals surface area contributed by atoms with Gasteiger partial charge < -0.3 is 19.2 Å². The van der Waals surface area contributed by atoms with E-state index in [0.717, 1.165) is 23.8 Å². The molecule has 0 bridgehead atoms. The quantitative estimate of drug-likeness (QED) is 0.311. The van der Waals surface area contributed by atoms with Crippen molar-refractivity contribution in [3.05, 3.63) is 58.4 Å². The predicted molar refractivity (Wildman–Crippen MR) is 132 cm³/mol. The monoisotopic (exact) mass is 479 g/mol. The number of amides is 1.